The van der Waals surface area contributed by atoms with Crippen LogP contribution in [-0.4, -0.2) is 48.1 Å². The molecule has 39 heavy (non-hydrogen) atoms. The summed E-state index contributed by atoms with van der Waals surface area (Å²) in [7, 11) is 0. The van der Waals surface area contributed by atoms with Crippen LogP contribution in [0.15, 0.2) is 43.1 Å². The number of aryl methyl sites for hydroxylation is 3. The fourth-order valence-corrected chi connectivity index (χ4v) is 6.41. The molecular weight excluding hydrogens is 508 g/mol. The van der Waals surface area contributed by atoms with Crippen molar-refractivity contribution in [1.82, 2.24) is 29.0 Å². The molecule has 0 unspecified atom stereocenters. The topological polar surface area (TPSA) is 140 Å². The first-order chi connectivity index (χ1) is 19.0. The van der Waals surface area contributed by atoms with E-state index in [-0.39, 0.29) is 0 Å². The van der Waals surface area contributed by atoms with Crippen molar-refractivity contribution in [2.45, 2.75) is 52.0 Å². The van der Waals surface area contributed by atoms with Gasteiger partial charge in [-0.25, -0.2) is 15.0 Å². The molecule has 1 aliphatic heterocycles. The molecule has 1 aromatic carbocycles. The molecular formula is C28H32N10S. The largest absolute Gasteiger partial charge is 0.382 e. The van der Waals surface area contributed by atoms with Crippen LogP contribution in [0.2, 0.25) is 0 Å². The molecule has 0 saturated carbocycles. The standard InChI is InChI=1S/C28H32N10S/c1-18-19(2-3-25-23(18)10-21(12-29)38(25)9-8-37-15-26(31)34-17-37)14-36-6-4-20(5-7-36)35-27-24-11-22(13-30)39-28(24)33-16-32-27/h2-3,10-11,15-17,20H,4-9,13-14,30-31H2,1H3,(H,32,33,35). The van der Waals surface area contributed by atoms with Crippen LogP contribution in [0.25, 0.3) is 21.1 Å². The van der Waals surface area contributed by atoms with Crippen LogP contribution in [-0.2, 0) is 26.2 Å². The number of nitriles is 1. The molecule has 1 fully saturated rings. The van der Waals surface area contributed by atoms with E-state index in [2.05, 4.69) is 60.9 Å². The summed E-state index contributed by atoms with van der Waals surface area (Å²) in [4.78, 5) is 17.6. The molecule has 0 atom stereocenters. The molecule has 6 rings (SSSR count). The Morgan fingerprint density at radius 3 is 2.72 bits per heavy atom. The number of hydrogen-bond acceptors (Lipinski definition) is 9. The molecule has 5 aromatic rings. The normalized spacial score (nSPS) is 14.8. The van der Waals surface area contributed by atoms with E-state index in [1.165, 1.54) is 11.1 Å². The number of imidazole rings is 1. The van der Waals surface area contributed by atoms with Crippen LogP contribution in [0.4, 0.5) is 11.6 Å². The number of fused-ring (bicyclic) bond motifs is 2. The molecule has 0 amide bonds. The van der Waals surface area contributed by atoms with Gasteiger partial charge in [-0.1, -0.05) is 6.07 Å². The summed E-state index contributed by atoms with van der Waals surface area (Å²) in [6.07, 6.45) is 7.27. The van der Waals surface area contributed by atoms with Crippen LogP contribution < -0.4 is 16.8 Å². The van der Waals surface area contributed by atoms with E-state index in [1.54, 1.807) is 24.0 Å². The van der Waals surface area contributed by atoms with Crippen molar-refractivity contribution in [2.75, 3.05) is 24.1 Å². The van der Waals surface area contributed by atoms with Crippen molar-refractivity contribution in [2.24, 2.45) is 5.73 Å². The van der Waals surface area contributed by atoms with E-state index in [0.717, 1.165) is 64.3 Å². The Balaban J connectivity index is 1.12. The zero-order valence-corrected chi connectivity index (χ0v) is 22.8. The van der Waals surface area contributed by atoms with Gasteiger partial charge in [-0.05, 0) is 49.1 Å². The molecule has 200 valence electrons. The summed E-state index contributed by atoms with van der Waals surface area (Å²) >= 11 is 1.63. The number of rotatable bonds is 8. The Morgan fingerprint density at radius 2 is 1.97 bits per heavy atom. The van der Waals surface area contributed by atoms with Crippen molar-refractivity contribution < 1.29 is 0 Å². The average Bonchev–Trinajstić information content (AvgIpc) is 3.66. The fourth-order valence-electron chi connectivity index (χ4n) is 5.53. The number of anilines is 2. The second kappa shape index (κ2) is 10.6. The van der Waals surface area contributed by atoms with E-state index < -0.39 is 0 Å². The number of nitrogen functional groups attached to an aromatic ring is 1. The van der Waals surface area contributed by atoms with Gasteiger partial charge >= 0.3 is 0 Å². The lowest BCUT2D eigenvalue weighted by atomic mass is 10.0. The van der Waals surface area contributed by atoms with Crippen molar-refractivity contribution in [1.29, 1.82) is 5.26 Å². The quantitative estimate of drug-likeness (QED) is 0.270. The lowest BCUT2D eigenvalue weighted by Gasteiger charge is -2.33. The first-order valence-electron chi connectivity index (χ1n) is 13.2. The van der Waals surface area contributed by atoms with Crippen molar-refractivity contribution >= 4 is 44.1 Å². The van der Waals surface area contributed by atoms with Crippen molar-refractivity contribution in [3.8, 4) is 6.07 Å². The van der Waals surface area contributed by atoms with Gasteiger partial charge in [0.1, 0.15) is 34.6 Å². The second-order valence-electron chi connectivity index (χ2n) is 10.2. The summed E-state index contributed by atoms with van der Waals surface area (Å²) in [5.74, 6) is 1.41. The minimum Gasteiger partial charge on any atom is -0.382 e. The van der Waals surface area contributed by atoms with Crippen LogP contribution in [0, 0.1) is 18.3 Å². The van der Waals surface area contributed by atoms with Crippen LogP contribution >= 0.6 is 11.3 Å². The predicted octanol–water partition coefficient (Wildman–Crippen LogP) is 3.84. The third-order valence-electron chi connectivity index (χ3n) is 7.72. The van der Waals surface area contributed by atoms with Crippen LogP contribution in [0.3, 0.4) is 0 Å². The molecule has 10 nitrogen and oxygen atoms in total. The maximum atomic E-state index is 9.81. The van der Waals surface area contributed by atoms with Gasteiger partial charge in [-0.2, -0.15) is 5.26 Å². The van der Waals surface area contributed by atoms with Gasteiger partial charge in [0, 0.05) is 67.3 Å². The third-order valence-corrected chi connectivity index (χ3v) is 8.79. The Morgan fingerprint density at radius 1 is 1.13 bits per heavy atom. The Labute approximate surface area is 230 Å². The SMILES string of the molecule is Cc1c(CN2CCC(Nc3ncnc4sc(CN)cc34)CC2)ccc2c1cc(C#N)n2CCn1cnc(N)c1. The zero-order chi connectivity index (χ0) is 26.9. The van der Waals surface area contributed by atoms with Crippen molar-refractivity contribution in [3.63, 3.8) is 0 Å². The molecule has 1 saturated heterocycles. The van der Waals surface area contributed by atoms with Crippen LogP contribution in [0.5, 0.6) is 0 Å². The third kappa shape index (κ3) is 5.06. The van der Waals surface area contributed by atoms with Gasteiger partial charge in [0.05, 0.1) is 11.7 Å². The summed E-state index contributed by atoms with van der Waals surface area (Å²) in [6, 6.07) is 11.3. The smallest absolute Gasteiger partial charge is 0.141 e. The van der Waals surface area contributed by atoms with Crippen molar-refractivity contribution in [3.05, 3.63) is 64.8 Å². The second-order valence-corrected chi connectivity index (χ2v) is 11.3. The number of thiophene rings is 1. The number of nitrogens with two attached hydrogens (primary N) is 2. The maximum Gasteiger partial charge on any atom is 0.141 e. The number of nitrogens with zero attached hydrogens (tertiary/aromatic N) is 7. The predicted molar refractivity (Wildman–Crippen MR) is 155 cm³/mol. The Bertz CT molecular complexity index is 1670. The maximum absolute atomic E-state index is 9.81. The molecule has 4 aromatic heterocycles. The van der Waals surface area contributed by atoms with Gasteiger partial charge in [0.2, 0.25) is 0 Å². The van der Waals surface area contributed by atoms with E-state index >= 15 is 0 Å². The molecule has 5 N–H and O–H groups in total. The molecule has 0 bridgehead atoms. The minimum absolute atomic E-state index is 0.377. The number of nitrogens with one attached hydrogen (secondary N) is 1. The summed E-state index contributed by atoms with van der Waals surface area (Å²) in [5, 5.41) is 15.7. The summed E-state index contributed by atoms with van der Waals surface area (Å²) in [5.41, 5.74) is 15.9. The Hall–Kier alpha value is -3.98. The highest BCUT2D eigenvalue weighted by Gasteiger charge is 2.22. The van der Waals surface area contributed by atoms with Gasteiger partial charge in [0.15, 0.2) is 0 Å². The molecule has 5 heterocycles. The Kier molecular flexibility index (Phi) is 6.91. The highest BCUT2D eigenvalue weighted by atomic mass is 32.1. The van der Waals surface area contributed by atoms with Gasteiger partial charge in [-0.3, -0.25) is 4.90 Å². The first-order valence-corrected chi connectivity index (χ1v) is 14.1. The van der Waals surface area contributed by atoms with E-state index in [0.29, 0.717) is 37.2 Å². The van der Waals surface area contributed by atoms with Gasteiger partial charge in [0.25, 0.3) is 0 Å². The van der Waals surface area contributed by atoms with Gasteiger partial charge < -0.3 is 25.9 Å². The number of benzene rings is 1. The highest BCUT2D eigenvalue weighted by molar-refractivity contribution is 7.18. The molecule has 0 radical (unpaired) electrons. The number of piperidine rings is 1. The zero-order valence-electron chi connectivity index (χ0n) is 22.0. The van der Waals surface area contributed by atoms with E-state index in [4.69, 9.17) is 11.5 Å². The summed E-state index contributed by atoms with van der Waals surface area (Å²) in [6.45, 7) is 7.00. The average molecular weight is 541 g/mol. The molecule has 1 aliphatic rings. The van der Waals surface area contributed by atoms with E-state index in [1.807, 2.05) is 16.8 Å². The monoisotopic (exact) mass is 540 g/mol. The first kappa shape index (κ1) is 25.3. The lowest BCUT2D eigenvalue weighted by Crippen LogP contribution is -2.39. The molecule has 0 aliphatic carbocycles. The van der Waals surface area contributed by atoms with Crippen LogP contribution in [0.1, 0.15) is 34.5 Å². The summed E-state index contributed by atoms with van der Waals surface area (Å²) < 4.78 is 4.04. The highest BCUT2D eigenvalue weighted by Crippen LogP contribution is 2.30. The number of likely N-dealkylation sites (tertiary alicyclic amines) is 1. The van der Waals surface area contributed by atoms with E-state index in [9.17, 15) is 5.26 Å². The molecule has 0 spiro atoms. The lowest BCUT2D eigenvalue weighted by molar-refractivity contribution is 0.211. The number of aromatic nitrogens is 5. The molecule has 11 heteroatoms. The number of hydrogen-bond donors (Lipinski definition) is 3. The minimum atomic E-state index is 0.377. The van der Waals surface area contributed by atoms with Gasteiger partial charge in [-0.15, -0.1) is 11.3 Å². The fraction of sp³-hybridized carbons (Fsp3) is 0.357.